The summed E-state index contributed by atoms with van der Waals surface area (Å²) < 4.78 is 0. The normalized spacial score (nSPS) is 18.1. The quantitative estimate of drug-likeness (QED) is 0.798. The number of hydrogen-bond donors (Lipinski definition) is 1. The molecule has 0 spiro atoms. The van der Waals surface area contributed by atoms with E-state index in [0.717, 1.165) is 39.0 Å². The molecule has 0 aliphatic carbocycles. The van der Waals surface area contributed by atoms with Crippen LogP contribution in [0.2, 0.25) is 0 Å². The Kier molecular flexibility index (Phi) is 6.34. The van der Waals surface area contributed by atoms with E-state index < -0.39 is 0 Å². The Balaban J connectivity index is 2.27. The summed E-state index contributed by atoms with van der Waals surface area (Å²) in [6.07, 6.45) is 3.40. The highest BCUT2D eigenvalue weighted by Gasteiger charge is 2.21. The molecule has 1 rings (SSSR count). The standard InChI is InChI=1S/C13H27N3O/c1-4-9-15-10-7-12(8-11-15)14-13(17)16(5-2)6-3/h12H,4-11H2,1-3H3,(H,14,17). The van der Waals surface area contributed by atoms with E-state index in [1.165, 1.54) is 13.0 Å². The predicted octanol–water partition coefficient (Wildman–Crippen LogP) is 1.91. The second-order valence-electron chi connectivity index (χ2n) is 4.74. The van der Waals surface area contributed by atoms with E-state index in [-0.39, 0.29) is 6.03 Å². The lowest BCUT2D eigenvalue weighted by atomic mass is 10.1. The minimum absolute atomic E-state index is 0.101. The van der Waals surface area contributed by atoms with Gasteiger partial charge in [0.2, 0.25) is 0 Å². The van der Waals surface area contributed by atoms with E-state index in [2.05, 4.69) is 17.1 Å². The number of carbonyl (C=O) groups is 1. The lowest BCUT2D eigenvalue weighted by Crippen LogP contribution is -2.49. The lowest BCUT2D eigenvalue weighted by Gasteiger charge is -2.33. The van der Waals surface area contributed by atoms with Crippen LogP contribution >= 0.6 is 0 Å². The second-order valence-corrected chi connectivity index (χ2v) is 4.74. The third-order valence-electron chi connectivity index (χ3n) is 3.51. The highest BCUT2D eigenvalue weighted by molar-refractivity contribution is 5.74. The molecule has 1 heterocycles. The molecule has 2 amide bonds. The summed E-state index contributed by atoms with van der Waals surface area (Å²) in [5.74, 6) is 0. The van der Waals surface area contributed by atoms with Crippen molar-refractivity contribution < 1.29 is 4.79 Å². The number of urea groups is 1. The zero-order valence-corrected chi connectivity index (χ0v) is 11.5. The maximum absolute atomic E-state index is 11.9. The van der Waals surface area contributed by atoms with Crippen LogP contribution in [0.15, 0.2) is 0 Å². The molecule has 1 fully saturated rings. The van der Waals surface area contributed by atoms with E-state index >= 15 is 0 Å². The van der Waals surface area contributed by atoms with Crippen molar-refractivity contribution in [3.05, 3.63) is 0 Å². The van der Waals surface area contributed by atoms with Crippen molar-refractivity contribution in [2.24, 2.45) is 0 Å². The Labute approximate surface area is 105 Å². The van der Waals surface area contributed by atoms with Gasteiger partial charge in [-0.3, -0.25) is 0 Å². The van der Waals surface area contributed by atoms with Gasteiger partial charge in [0, 0.05) is 32.2 Å². The third-order valence-corrected chi connectivity index (χ3v) is 3.51. The summed E-state index contributed by atoms with van der Waals surface area (Å²) in [4.78, 5) is 16.2. The maximum Gasteiger partial charge on any atom is 0.317 e. The van der Waals surface area contributed by atoms with Crippen LogP contribution in [-0.4, -0.2) is 54.6 Å². The minimum Gasteiger partial charge on any atom is -0.335 e. The molecule has 0 radical (unpaired) electrons. The molecule has 0 saturated carbocycles. The van der Waals surface area contributed by atoms with E-state index in [0.29, 0.717) is 6.04 Å². The minimum atomic E-state index is 0.101. The number of carbonyl (C=O) groups excluding carboxylic acids is 1. The number of likely N-dealkylation sites (tertiary alicyclic amines) is 1. The average molecular weight is 241 g/mol. The summed E-state index contributed by atoms with van der Waals surface area (Å²) in [6.45, 7) is 11.3. The van der Waals surface area contributed by atoms with Gasteiger partial charge in [0.25, 0.3) is 0 Å². The van der Waals surface area contributed by atoms with Crippen molar-refractivity contribution in [1.82, 2.24) is 15.1 Å². The van der Waals surface area contributed by atoms with Crippen molar-refractivity contribution in [2.75, 3.05) is 32.7 Å². The van der Waals surface area contributed by atoms with Crippen LogP contribution in [0.3, 0.4) is 0 Å². The number of hydrogen-bond acceptors (Lipinski definition) is 2. The first-order valence-electron chi connectivity index (χ1n) is 6.99. The number of nitrogens with one attached hydrogen (secondary N) is 1. The van der Waals surface area contributed by atoms with Crippen LogP contribution in [-0.2, 0) is 0 Å². The Morgan fingerprint density at radius 1 is 1.24 bits per heavy atom. The zero-order valence-electron chi connectivity index (χ0n) is 11.5. The molecular weight excluding hydrogens is 214 g/mol. The van der Waals surface area contributed by atoms with Crippen LogP contribution < -0.4 is 5.32 Å². The summed E-state index contributed by atoms with van der Waals surface area (Å²) >= 11 is 0. The van der Waals surface area contributed by atoms with Gasteiger partial charge in [0.1, 0.15) is 0 Å². The largest absolute Gasteiger partial charge is 0.335 e. The van der Waals surface area contributed by atoms with E-state index in [4.69, 9.17) is 0 Å². The maximum atomic E-state index is 11.9. The fourth-order valence-electron chi connectivity index (χ4n) is 2.39. The fourth-order valence-corrected chi connectivity index (χ4v) is 2.39. The van der Waals surface area contributed by atoms with Crippen molar-refractivity contribution in [3.63, 3.8) is 0 Å². The van der Waals surface area contributed by atoms with Gasteiger partial charge in [-0.15, -0.1) is 0 Å². The molecule has 1 aliphatic rings. The van der Waals surface area contributed by atoms with Crippen molar-refractivity contribution in [3.8, 4) is 0 Å². The Bertz CT molecular complexity index is 221. The second kappa shape index (κ2) is 7.54. The highest BCUT2D eigenvalue weighted by Crippen LogP contribution is 2.10. The van der Waals surface area contributed by atoms with Gasteiger partial charge in [-0.25, -0.2) is 4.79 Å². The molecule has 100 valence electrons. The molecule has 0 bridgehead atoms. The molecule has 0 aromatic carbocycles. The van der Waals surface area contributed by atoms with Gasteiger partial charge in [0.15, 0.2) is 0 Å². The highest BCUT2D eigenvalue weighted by atomic mass is 16.2. The van der Waals surface area contributed by atoms with Gasteiger partial charge >= 0.3 is 6.03 Å². The molecule has 1 N–H and O–H groups in total. The number of rotatable bonds is 5. The van der Waals surface area contributed by atoms with Crippen LogP contribution in [0.5, 0.6) is 0 Å². The SMILES string of the molecule is CCCN1CCC(NC(=O)N(CC)CC)CC1. The van der Waals surface area contributed by atoms with Gasteiger partial charge in [-0.2, -0.15) is 0 Å². The van der Waals surface area contributed by atoms with Gasteiger partial charge in [-0.1, -0.05) is 6.92 Å². The molecule has 0 atom stereocenters. The van der Waals surface area contributed by atoms with Crippen LogP contribution in [0, 0.1) is 0 Å². The topological polar surface area (TPSA) is 35.6 Å². The molecule has 0 aromatic heterocycles. The molecule has 0 aromatic rings. The molecule has 1 saturated heterocycles. The van der Waals surface area contributed by atoms with Crippen LogP contribution in [0.4, 0.5) is 4.79 Å². The summed E-state index contributed by atoms with van der Waals surface area (Å²) in [7, 11) is 0. The van der Waals surface area contributed by atoms with Crippen LogP contribution in [0.25, 0.3) is 0 Å². The first-order chi connectivity index (χ1) is 8.21. The van der Waals surface area contributed by atoms with Crippen molar-refractivity contribution in [2.45, 2.75) is 46.1 Å². The molecule has 17 heavy (non-hydrogen) atoms. The molecule has 1 aliphatic heterocycles. The Hall–Kier alpha value is -0.770. The fraction of sp³-hybridized carbons (Fsp3) is 0.923. The summed E-state index contributed by atoms with van der Waals surface area (Å²) in [5, 5.41) is 3.14. The smallest absolute Gasteiger partial charge is 0.317 e. The van der Waals surface area contributed by atoms with Gasteiger partial charge < -0.3 is 15.1 Å². The Morgan fingerprint density at radius 2 is 1.82 bits per heavy atom. The zero-order chi connectivity index (χ0) is 12.7. The Morgan fingerprint density at radius 3 is 2.29 bits per heavy atom. The number of nitrogens with zero attached hydrogens (tertiary/aromatic N) is 2. The van der Waals surface area contributed by atoms with E-state index in [1.54, 1.807) is 0 Å². The monoisotopic (exact) mass is 241 g/mol. The van der Waals surface area contributed by atoms with Crippen molar-refractivity contribution >= 4 is 6.03 Å². The van der Waals surface area contributed by atoms with Crippen molar-refractivity contribution in [1.29, 1.82) is 0 Å². The number of amides is 2. The predicted molar refractivity (Wildman–Crippen MR) is 71.2 cm³/mol. The first kappa shape index (κ1) is 14.3. The first-order valence-corrected chi connectivity index (χ1v) is 6.99. The average Bonchev–Trinajstić information content (AvgIpc) is 2.33. The number of piperidine rings is 1. The molecule has 4 nitrogen and oxygen atoms in total. The molecule has 0 unspecified atom stereocenters. The van der Waals surface area contributed by atoms with Crippen LogP contribution in [0.1, 0.15) is 40.0 Å². The third kappa shape index (κ3) is 4.54. The lowest BCUT2D eigenvalue weighted by molar-refractivity contribution is 0.175. The van der Waals surface area contributed by atoms with E-state index in [1.807, 2.05) is 18.7 Å². The van der Waals surface area contributed by atoms with E-state index in [9.17, 15) is 4.79 Å². The molecule has 4 heteroatoms. The van der Waals surface area contributed by atoms with Gasteiger partial charge in [0.05, 0.1) is 0 Å². The summed E-state index contributed by atoms with van der Waals surface area (Å²) in [6, 6.07) is 0.472. The molecular formula is C13H27N3O. The van der Waals surface area contributed by atoms with Gasteiger partial charge in [-0.05, 0) is 39.7 Å². The summed E-state index contributed by atoms with van der Waals surface area (Å²) in [5.41, 5.74) is 0.